The van der Waals surface area contributed by atoms with Gasteiger partial charge >= 0.3 is 0 Å². The highest BCUT2D eigenvalue weighted by atomic mass is 32.2. The third-order valence-electron chi connectivity index (χ3n) is 5.04. The summed E-state index contributed by atoms with van der Waals surface area (Å²) in [6.45, 7) is 3.52. The molecule has 1 aromatic heterocycles. The van der Waals surface area contributed by atoms with Gasteiger partial charge in [0.2, 0.25) is 16.9 Å². The number of aromatic nitrogens is 2. The third kappa shape index (κ3) is 7.34. The summed E-state index contributed by atoms with van der Waals surface area (Å²) < 4.78 is 16.2. The number of rotatable bonds is 11. The zero-order valence-electron chi connectivity index (χ0n) is 19.5. The van der Waals surface area contributed by atoms with Crippen molar-refractivity contribution in [2.24, 2.45) is 0 Å². The number of thioether (sulfide) groups is 1. The number of anilines is 1. The minimum atomic E-state index is -0.0629. The molecule has 184 valence electrons. The van der Waals surface area contributed by atoms with Crippen LogP contribution < -0.4 is 19.7 Å². The number of carbonyl (C=O) groups excluding carboxylic acids is 2. The summed E-state index contributed by atoms with van der Waals surface area (Å²) in [6.07, 6.45) is 3.35. The zero-order chi connectivity index (χ0) is 24.3. The molecule has 2 heterocycles. The maximum atomic E-state index is 12.6. The quantitative estimate of drug-likeness (QED) is 0.277. The van der Waals surface area contributed by atoms with Crippen molar-refractivity contribution in [2.75, 3.05) is 71.3 Å². The van der Waals surface area contributed by atoms with Crippen molar-refractivity contribution in [2.45, 2.75) is 4.34 Å². The second-order valence-corrected chi connectivity index (χ2v) is 9.42. The SMILES string of the molecule is COCCNC(=O)CSc1nnc(N2CCN(C(=O)/C=C/c3ccc(OC)c(OC)c3)CC2)s1. The molecule has 34 heavy (non-hydrogen) atoms. The van der Waals surface area contributed by atoms with Gasteiger partial charge in [0, 0.05) is 45.9 Å². The van der Waals surface area contributed by atoms with Gasteiger partial charge in [0.15, 0.2) is 15.8 Å². The van der Waals surface area contributed by atoms with Crippen molar-refractivity contribution in [1.29, 1.82) is 0 Å². The smallest absolute Gasteiger partial charge is 0.246 e. The van der Waals surface area contributed by atoms with Gasteiger partial charge in [-0.15, -0.1) is 10.2 Å². The average molecular weight is 508 g/mol. The first-order chi connectivity index (χ1) is 16.5. The maximum absolute atomic E-state index is 12.6. The Kier molecular flexibility index (Phi) is 9.98. The molecular weight excluding hydrogens is 478 g/mol. The number of methoxy groups -OCH3 is 3. The monoisotopic (exact) mass is 507 g/mol. The summed E-state index contributed by atoms with van der Waals surface area (Å²) in [5, 5.41) is 12.0. The first kappa shape index (κ1) is 25.8. The normalized spacial score (nSPS) is 13.9. The van der Waals surface area contributed by atoms with Crippen molar-refractivity contribution < 1.29 is 23.8 Å². The molecule has 0 saturated carbocycles. The van der Waals surface area contributed by atoms with Crippen LogP contribution in [0.5, 0.6) is 11.5 Å². The van der Waals surface area contributed by atoms with Gasteiger partial charge in [-0.1, -0.05) is 29.2 Å². The predicted octanol–water partition coefficient (Wildman–Crippen LogP) is 1.77. The van der Waals surface area contributed by atoms with Crippen molar-refractivity contribution in [3.8, 4) is 11.5 Å². The van der Waals surface area contributed by atoms with Crippen LogP contribution in [0.1, 0.15) is 5.56 Å². The molecule has 3 rings (SSSR count). The lowest BCUT2D eigenvalue weighted by Crippen LogP contribution is -2.48. The second kappa shape index (κ2) is 13.2. The van der Waals surface area contributed by atoms with Gasteiger partial charge in [0.1, 0.15) is 0 Å². The van der Waals surface area contributed by atoms with E-state index in [1.807, 2.05) is 23.1 Å². The zero-order valence-corrected chi connectivity index (χ0v) is 21.1. The summed E-state index contributed by atoms with van der Waals surface area (Å²) in [4.78, 5) is 28.4. The number of ether oxygens (including phenoxy) is 3. The molecule has 0 atom stereocenters. The highest BCUT2D eigenvalue weighted by Crippen LogP contribution is 2.29. The van der Waals surface area contributed by atoms with Gasteiger partial charge in [-0.2, -0.15) is 0 Å². The summed E-state index contributed by atoms with van der Waals surface area (Å²) >= 11 is 2.82. The highest BCUT2D eigenvalue weighted by molar-refractivity contribution is 8.01. The lowest BCUT2D eigenvalue weighted by Gasteiger charge is -2.33. The standard InChI is InChI=1S/C22H29N5O5S2/c1-30-13-8-23-19(28)15-33-22-25-24-21(34-22)27-11-9-26(10-12-27)20(29)7-5-16-4-6-17(31-2)18(14-16)32-3/h4-7,14H,8-13,15H2,1-3H3,(H,23,28)/b7-5+. The molecule has 1 aliphatic heterocycles. The second-order valence-electron chi connectivity index (χ2n) is 7.24. The van der Waals surface area contributed by atoms with Crippen LogP contribution in [-0.2, 0) is 14.3 Å². The summed E-state index contributed by atoms with van der Waals surface area (Å²) in [5.74, 6) is 1.44. The molecule has 1 aliphatic rings. The first-order valence-corrected chi connectivity index (χ1v) is 12.5. The van der Waals surface area contributed by atoms with E-state index in [1.165, 1.54) is 23.1 Å². The van der Waals surface area contributed by atoms with Gasteiger partial charge in [-0.3, -0.25) is 9.59 Å². The van der Waals surface area contributed by atoms with Crippen LogP contribution in [0.2, 0.25) is 0 Å². The van der Waals surface area contributed by atoms with E-state index in [-0.39, 0.29) is 17.6 Å². The van der Waals surface area contributed by atoms with E-state index >= 15 is 0 Å². The Bertz CT molecular complexity index is 992. The summed E-state index contributed by atoms with van der Waals surface area (Å²) in [7, 11) is 4.76. The van der Waals surface area contributed by atoms with Crippen LogP contribution in [0.15, 0.2) is 28.6 Å². The van der Waals surface area contributed by atoms with Crippen molar-refractivity contribution in [3.05, 3.63) is 29.8 Å². The van der Waals surface area contributed by atoms with Gasteiger partial charge in [0.05, 0.1) is 26.6 Å². The molecule has 1 N–H and O–H groups in total. The van der Waals surface area contributed by atoms with E-state index in [0.717, 1.165) is 15.0 Å². The Morgan fingerprint density at radius 3 is 2.59 bits per heavy atom. The highest BCUT2D eigenvalue weighted by Gasteiger charge is 2.22. The molecule has 1 saturated heterocycles. The van der Waals surface area contributed by atoms with Crippen molar-refractivity contribution >= 4 is 46.1 Å². The van der Waals surface area contributed by atoms with E-state index in [0.29, 0.717) is 50.8 Å². The number of amides is 2. The van der Waals surface area contributed by atoms with Crippen LogP contribution in [0.4, 0.5) is 5.13 Å². The van der Waals surface area contributed by atoms with E-state index in [1.54, 1.807) is 33.5 Å². The molecule has 12 heteroatoms. The molecule has 0 radical (unpaired) electrons. The third-order valence-corrected chi connectivity index (χ3v) is 7.16. The number of nitrogens with zero attached hydrogens (tertiary/aromatic N) is 4. The Labute approximate surface area is 207 Å². The molecule has 0 aliphatic carbocycles. The number of hydrogen-bond acceptors (Lipinski definition) is 10. The lowest BCUT2D eigenvalue weighted by molar-refractivity contribution is -0.126. The van der Waals surface area contributed by atoms with E-state index in [9.17, 15) is 9.59 Å². The van der Waals surface area contributed by atoms with E-state index < -0.39 is 0 Å². The maximum Gasteiger partial charge on any atom is 0.246 e. The number of carbonyl (C=O) groups is 2. The number of nitrogens with one attached hydrogen (secondary N) is 1. The fourth-order valence-corrected chi connectivity index (χ4v) is 4.93. The van der Waals surface area contributed by atoms with Gasteiger partial charge in [-0.05, 0) is 23.8 Å². The minimum absolute atomic E-state index is 0.0394. The van der Waals surface area contributed by atoms with Crippen LogP contribution in [0, 0.1) is 0 Å². The van der Waals surface area contributed by atoms with Crippen LogP contribution in [0.25, 0.3) is 6.08 Å². The largest absolute Gasteiger partial charge is 0.493 e. The van der Waals surface area contributed by atoms with E-state index in [4.69, 9.17) is 14.2 Å². The fourth-order valence-electron chi connectivity index (χ4n) is 3.21. The van der Waals surface area contributed by atoms with Crippen molar-refractivity contribution in [3.63, 3.8) is 0 Å². The topological polar surface area (TPSA) is 106 Å². The number of piperazine rings is 1. The number of benzene rings is 1. The Balaban J connectivity index is 1.45. The van der Waals surface area contributed by atoms with Gasteiger partial charge in [0.25, 0.3) is 0 Å². The van der Waals surface area contributed by atoms with Gasteiger partial charge < -0.3 is 29.3 Å². The average Bonchev–Trinajstić information content (AvgIpc) is 3.35. The van der Waals surface area contributed by atoms with Crippen molar-refractivity contribution in [1.82, 2.24) is 20.4 Å². The lowest BCUT2D eigenvalue weighted by atomic mass is 10.2. The first-order valence-electron chi connectivity index (χ1n) is 10.7. The Morgan fingerprint density at radius 1 is 1.12 bits per heavy atom. The molecular formula is C22H29N5O5S2. The molecule has 1 aromatic carbocycles. The molecule has 2 aromatic rings. The fraction of sp³-hybridized carbons (Fsp3) is 0.455. The van der Waals surface area contributed by atoms with Crippen LogP contribution in [0.3, 0.4) is 0 Å². The molecule has 1 fully saturated rings. The molecule has 0 spiro atoms. The Morgan fingerprint density at radius 2 is 1.88 bits per heavy atom. The minimum Gasteiger partial charge on any atom is -0.493 e. The Hall–Kier alpha value is -2.83. The van der Waals surface area contributed by atoms with Crippen LogP contribution in [-0.4, -0.2) is 93.3 Å². The summed E-state index contributed by atoms with van der Waals surface area (Å²) in [5.41, 5.74) is 0.857. The van der Waals surface area contributed by atoms with E-state index in [2.05, 4.69) is 20.4 Å². The molecule has 0 unspecified atom stereocenters. The molecule has 10 nitrogen and oxygen atoms in total. The van der Waals surface area contributed by atoms with Gasteiger partial charge in [-0.25, -0.2) is 0 Å². The number of hydrogen-bond donors (Lipinski definition) is 1. The predicted molar refractivity (Wildman–Crippen MR) is 133 cm³/mol. The molecule has 2 amide bonds. The molecule has 0 bridgehead atoms. The summed E-state index contributed by atoms with van der Waals surface area (Å²) in [6, 6.07) is 5.51. The van der Waals surface area contributed by atoms with Crippen LogP contribution >= 0.6 is 23.1 Å².